The van der Waals surface area contributed by atoms with Gasteiger partial charge in [0.15, 0.2) is 0 Å². The molecule has 0 nitrogen and oxygen atoms in total. The van der Waals surface area contributed by atoms with Gasteiger partial charge in [0.25, 0.3) is 0 Å². The van der Waals surface area contributed by atoms with Crippen LogP contribution in [0.1, 0.15) is 41.0 Å². The van der Waals surface area contributed by atoms with Crippen LogP contribution in [-0.2, 0) is 0 Å². The van der Waals surface area contributed by atoms with Crippen molar-refractivity contribution < 1.29 is 0 Å². The predicted octanol–water partition coefficient (Wildman–Crippen LogP) is 3.57. The predicted molar refractivity (Wildman–Crippen MR) is 52.9 cm³/mol. The molecule has 70 valence electrons. The van der Waals surface area contributed by atoms with Crippen LogP contribution in [0.5, 0.6) is 0 Å². The largest absolute Gasteiger partial charge is 0.0651 e. The summed E-state index contributed by atoms with van der Waals surface area (Å²) in [4.78, 5) is 0. The first-order valence-corrected chi connectivity index (χ1v) is 5.55. The van der Waals surface area contributed by atoms with Gasteiger partial charge in [0.05, 0.1) is 0 Å². The number of fused-ring (bicyclic) bond motifs is 1. The fourth-order valence-corrected chi connectivity index (χ4v) is 4.46. The SMILES string of the molecule is CCC1C(C)C2(C)C(C)C(C)C12. The van der Waals surface area contributed by atoms with Gasteiger partial charge in [-0.3, -0.25) is 0 Å². The van der Waals surface area contributed by atoms with Crippen LogP contribution in [0.4, 0.5) is 0 Å². The highest BCUT2D eigenvalue weighted by molar-refractivity contribution is 5.15. The van der Waals surface area contributed by atoms with Gasteiger partial charge in [-0.05, 0) is 35.0 Å². The van der Waals surface area contributed by atoms with Crippen molar-refractivity contribution in [2.75, 3.05) is 0 Å². The van der Waals surface area contributed by atoms with Crippen molar-refractivity contribution in [2.24, 2.45) is 35.0 Å². The van der Waals surface area contributed by atoms with Gasteiger partial charge in [0.2, 0.25) is 0 Å². The van der Waals surface area contributed by atoms with E-state index in [0.29, 0.717) is 0 Å². The maximum Gasteiger partial charge on any atom is -0.0235 e. The van der Waals surface area contributed by atoms with E-state index in [0.717, 1.165) is 35.0 Å². The van der Waals surface area contributed by atoms with E-state index in [-0.39, 0.29) is 0 Å². The molecule has 2 fully saturated rings. The first-order chi connectivity index (χ1) is 5.55. The molecule has 2 aliphatic rings. The van der Waals surface area contributed by atoms with E-state index in [1.165, 1.54) is 6.42 Å². The molecule has 2 aliphatic carbocycles. The van der Waals surface area contributed by atoms with Crippen LogP contribution in [0.15, 0.2) is 0 Å². The van der Waals surface area contributed by atoms with E-state index >= 15 is 0 Å². The van der Waals surface area contributed by atoms with Gasteiger partial charge in [-0.1, -0.05) is 41.0 Å². The zero-order valence-electron chi connectivity index (χ0n) is 9.09. The van der Waals surface area contributed by atoms with Crippen molar-refractivity contribution in [1.82, 2.24) is 0 Å². The molecule has 0 spiro atoms. The van der Waals surface area contributed by atoms with Crippen LogP contribution in [0.3, 0.4) is 0 Å². The lowest BCUT2D eigenvalue weighted by atomic mass is 9.31. The fourth-order valence-electron chi connectivity index (χ4n) is 4.46. The molecular formula is C12H22. The third kappa shape index (κ3) is 0.625. The Morgan fingerprint density at radius 2 is 1.67 bits per heavy atom. The van der Waals surface area contributed by atoms with Crippen LogP contribution in [0, 0.1) is 35.0 Å². The Morgan fingerprint density at radius 1 is 1.08 bits per heavy atom. The molecule has 0 saturated heterocycles. The van der Waals surface area contributed by atoms with Gasteiger partial charge in [0.1, 0.15) is 0 Å². The lowest BCUT2D eigenvalue weighted by molar-refractivity contribution is -0.265. The molecule has 0 aromatic carbocycles. The van der Waals surface area contributed by atoms with Crippen LogP contribution < -0.4 is 0 Å². The summed E-state index contributed by atoms with van der Waals surface area (Å²) in [5.74, 6) is 5.06. The average Bonchev–Trinajstić information content (AvgIpc) is 2.09. The Morgan fingerprint density at radius 3 is 2.17 bits per heavy atom. The smallest absolute Gasteiger partial charge is 0.0235 e. The minimum atomic E-state index is 0.722. The summed E-state index contributed by atoms with van der Waals surface area (Å²) < 4.78 is 0. The van der Waals surface area contributed by atoms with E-state index in [1.807, 2.05) is 0 Å². The fraction of sp³-hybridized carbons (Fsp3) is 1.00. The number of hydrogen-bond acceptors (Lipinski definition) is 0. The molecule has 0 aromatic heterocycles. The summed E-state index contributed by atoms with van der Waals surface area (Å²) >= 11 is 0. The van der Waals surface area contributed by atoms with Crippen molar-refractivity contribution in [1.29, 1.82) is 0 Å². The summed E-state index contributed by atoms with van der Waals surface area (Å²) in [5, 5.41) is 0. The van der Waals surface area contributed by atoms with E-state index in [4.69, 9.17) is 0 Å². The molecule has 6 unspecified atom stereocenters. The first-order valence-electron chi connectivity index (χ1n) is 5.55. The molecule has 0 N–H and O–H groups in total. The van der Waals surface area contributed by atoms with Gasteiger partial charge in [-0.25, -0.2) is 0 Å². The maximum absolute atomic E-state index is 2.51. The van der Waals surface area contributed by atoms with Gasteiger partial charge in [-0.15, -0.1) is 0 Å². The maximum atomic E-state index is 2.51. The van der Waals surface area contributed by atoms with Gasteiger partial charge in [-0.2, -0.15) is 0 Å². The molecule has 12 heavy (non-hydrogen) atoms. The van der Waals surface area contributed by atoms with E-state index in [1.54, 1.807) is 0 Å². The van der Waals surface area contributed by atoms with Gasteiger partial charge < -0.3 is 0 Å². The molecule has 0 heteroatoms. The highest BCUT2D eigenvalue weighted by atomic mass is 14.7. The van der Waals surface area contributed by atoms with Crippen LogP contribution in [-0.4, -0.2) is 0 Å². The summed E-state index contributed by atoms with van der Waals surface area (Å²) in [5.41, 5.74) is 0.722. The molecule has 2 rings (SSSR count). The Balaban J connectivity index is 2.16. The Kier molecular flexibility index (Phi) is 1.63. The third-order valence-corrected chi connectivity index (χ3v) is 5.61. The second kappa shape index (κ2) is 2.27. The molecule has 0 aromatic rings. The second-order valence-corrected chi connectivity index (χ2v) is 5.40. The van der Waals surface area contributed by atoms with Gasteiger partial charge >= 0.3 is 0 Å². The standard InChI is InChI=1S/C12H22/c1-6-10-9(4)12(5)8(3)7(2)11(10)12/h7-11H,6H2,1-5H3. The molecular weight excluding hydrogens is 144 g/mol. The first kappa shape index (κ1) is 8.59. The van der Waals surface area contributed by atoms with Crippen LogP contribution in [0.2, 0.25) is 0 Å². The van der Waals surface area contributed by atoms with Crippen molar-refractivity contribution >= 4 is 0 Å². The second-order valence-electron chi connectivity index (χ2n) is 5.40. The van der Waals surface area contributed by atoms with Crippen molar-refractivity contribution in [3.05, 3.63) is 0 Å². The molecule has 0 heterocycles. The normalized spacial score (nSPS) is 63.2. The quantitative estimate of drug-likeness (QED) is 0.558. The number of rotatable bonds is 1. The molecule has 0 bridgehead atoms. The van der Waals surface area contributed by atoms with Crippen molar-refractivity contribution in [3.8, 4) is 0 Å². The topological polar surface area (TPSA) is 0 Å². The molecule has 6 atom stereocenters. The van der Waals surface area contributed by atoms with Crippen molar-refractivity contribution in [3.63, 3.8) is 0 Å². The lowest BCUT2D eigenvalue weighted by Crippen LogP contribution is -2.69. The molecule has 0 amide bonds. The van der Waals surface area contributed by atoms with Crippen molar-refractivity contribution in [2.45, 2.75) is 41.0 Å². The Labute approximate surface area is 76.7 Å². The summed E-state index contributed by atoms with van der Waals surface area (Å²) in [6, 6.07) is 0. The minimum absolute atomic E-state index is 0.722. The molecule has 0 aliphatic heterocycles. The zero-order chi connectivity index (χ0) is 9.09. The summed E-state index contributed by atoms with van der Waals surface area (Å²) in [6.07, 6.45) is 1.40. The van der Waals surface area contributed by atoms with E-state index < -0.39 is 0 Å². The highest BCUT2D eigenvalue weighted by Crippen LogP contribution is 2.73. The zero-order valence-corrected chi connectivity index (χ0v) is 9.09. The Bertz CT molecular complexity index is 196. The van der Waals surface area contributed by atoms with Crippen LogP contribution >= 0.6 is 0 Å². The van der Waals surface area contributed by atoms with E-state index in [9.17, 15) is 0 Å². The monoisotopic (exact) mass is 166 g/mol. The Hall–Kier alpha value is 0. The summed E-state index contributed by atoms with van der Waals surface area (Å²) in [7, 11) is 0. The highest BCUT2D eigenvalue weighted by Gasteiger charge is 2.68. The summed E-state index contributed by atoms with van der Waals surface area (Å²) in [6.45, 7) is 12.2. The minimum Gasteiger partial charge on any atom is -0.0651 e. The average molecular weight is 166 g/mol. The molecule has 0 radical (unpaired) electrons. The third-order valence-electron chi connectivity index (χ3n) is 5.61. The van der Waals surface area contributed by atoms with Crippen LogP contribution in [0.25, 0.3) is 0 Å². The lowest BCUT2D eigenvalue weighted by Gasteiger charge is -2.74. The number of hydrogen-bond donors (Lipinski definition) is 0. The van der Waals surface area contributed by atoms with E-state index in [2.05, 4.69) is 34.6 Å². The van der Waals surface area contributed by atoms with Gasteiger partial charge in [0, 0.05) is 0 Å². The molecule has 2 saturated carbocycles.